The molecule has 190 valence electrons. The number of carbonyl (C=O) groups excluding carboxylic acids is 1. The summed E-state index contributed by atoms with van der Waals surface area (Å²) in [4.78, 5) is 33.5. The van der Waals surface area contributed by atoms with Crippen LogP contribution in [-0.4, -0.2) is 22.4 Å². The van der Waals surface area contributed by atoms with E-state index >= 15 is 0 Å². The number of unbranched alkanes of at least 4 members (excludes halogenated alkanes) is 3. The molecular weight excluding hydrogens is 464 g/mol. The summed E-state index contributed by atoms with van der Waals surface area (Å²) in [7, 11) is 0. The predicted octanol–water partition coefficient (Wildman–Crippen LogP) is 6.51. The van der Waals surface area contributed by atoms with Gasteiger partial charge in [0.15, 0.2) is 5.43 Å². The summed E-state index contributed by atoms with van der Waals surface area (Å²) in [6.45, 7) is 7.03. The molecule has 5 rings (SSSR count). The average Bonchev–Trinajstić information content (AvgIpc) is 3.16. The van der Waals surface area contributed by atoms with Crippen LogP contribution in [0.15, 0.2) is 70.1 Å². The smallest absolute Gasteiger partial charge is 0.291 e. The molecule has 6 heteroatoms. The molecule has 0 fully saturated rings. The Kier molecular flexibility index (Phi) is 7.08. The molecular formula is C31H32N2O4. The van der Waals surface area contributed by atoms with Crippen LogP contribution >= 0.6 is 0 Å². The lowest BCUT2D eigenvalue weighted by Gasteiger charge is -2.25. The minimum absolute atomic E-state index is 0.118. The molecule has 1 unspecified atom stereocenters. The van der Waals surface area contributed by atoms with Crippen molar-refractivity contribution >= 4 is 16.9 Å². The molecule has 37 heavy (non-hydrogen) atoms. The molecule has 0 spiro atoms. The van der Waals surface area contributed by atoms with Gasteiger partial charge in [0.05, 0.1) is 23.6 Å². The Bertz CT molecular complexity index is 1480. The van der Waals surface area contributed by atoms with E-state index in [1.54, 1.807) is 17.3 Å². The molecule has 4 aromatic rings. The van der Waals surface area contributed by atoms with Crippen molar-refractivity contribution in [2.45, 2.75) is 59.0 Å². The molecule has 2 aromatic carbocycles. The molecule has 0 saturated heterocycles. The summed E-state index contributed by atoms with van der Waals surface area (Å²) in [5, 5.41) is 0.525. The summed E-state index contributed by atoms with van der Waals surface area (Å²) >= 11 is 0. The molecule has 2 aromatic heterocycles. The molecule has 3 heterocycles. The predicted molar refractivity (Wildman–Crippen MR) is 144 cm³/mol. The Morgan fingerprint density at radius 1 is 1.03 bits per heavy atom. The van der Waals surface area contributed by atoms with Gasteiger partial charge in [-0.05, 0) is 66.8 Å². The number of benzene rings is 2. The molecule has 1 aliphatic heterocycles. The Hall–Kier alpha value is -3.93. The van der Waals surface area contributed by atoms with Crippen LogP contribution in [0.25, 0.3) is 11.0 Å². The quantitative estimate of drug-likeness (QED) is 0.247. The van der Waals surface area contributed by atoms with Gasteiger partial charge in [0.25, 0.3) is 5.91 Å². The number of fused-ring (bicyclic) bond motifs is 2. The minimum atomic E-state index is -0.567. The minimum Gasteiger partial charge on any atom is -0.494 e. The summed E-state index contributed by atoms with van der Waals surface area (Å²) in [5.41, 5.74) is 4.22. The van der Waals surface area contributed by atoms with E-state index in [9.17, 15) is 9.59 Å². The van der Waals surface area contributed by atoms with Crippen LogP contribution in [0.2, 0.25) is 0 Å². The SMILES string of the molecule is CCCCCCOc1ccc(C2c3c(oc4cc(C)cc(C)c4c3=O)C(=O)N2Cc2cccnc2)cc1. The first-order chi connectivity index (χ1) is 18.0. The van der Waals surface area contributed by atoms with E-state index in [4.69, 9.17) is 9.15 Å². The van der Waals surface area contributed by atoms with Gasteiger partial charge in [0.1, 0.15) is 11.3 Å². The molecule has 1 aliphatic rings. The van der Waals surface area contributed by atoms with Crippen LogP contribution in [0, 0.1) is 13.8 Å². The van der Waals surface area contributed by atoms with Crippen molar-refractivity contribution in [1.82, 2.24) is 9.88 Å². The number of aromatic nitrogens is 1. The summed E-state index contributed by atoms with van der Waals surface area (Å²) < 4.78 is 12.1. The van der Waals surface area contributed by atoms with Gasteiger partial charge < -0.3 is 14.1 Å². The van der Waals surface area contributed by atoms with Crippen LogP contribution in [0.1, 0.15) is 77.0 Å². The zero-order chi connectivity index (χ0) is 25.9. The molecule has 1 amide bonds. The van der Waals surface area contributed by atoms with E-state index in [0.29, 0.717) is 29.7 Å². The van der Waals surface area contributed by atoms with E-state index in [1.165, 1.54) is 12.8 Å². The number of amides is 1. The zero-order valence-corrected chi connectivity index (χ0v) is 21.6. The number of nitrogens with zero attached hydrogens (tertiary/aromatic N) is 2. The lowest BCUT2D eigenvalue weighted by Crippen LogP contribution is -2.29. The van der Waals surface area contributed by atoms with E-state index < -0.39 is 6.04 Å². The molecule has 0 radical (unpaired) electrons. The maximum atomic E-state index is 13.9. The topological polar surface area (TPSA) is 72.6 Å². The third-order valence-corrected chi connectivity index (χ3v) is 6.95. The summed E-state index contributed by atoms with van der Waals surface area (Å²) in [6, 6.07) is 14.7. The van der Waals surface area contributed by atoms with Crippen molar-refractivity contribution in [2.24, 2.45) is 0 Å². The van der Waals surface area contributed by atoms with Gasteiger partial charge in [0, 0.05) is 18.9 Å². The van der Waals surface area contributed by atoms with Gasteiger partial charge >= 0.3 is 0 Å². The van der Waals surface area contributed by atoms with E-state index in [1.807, 2.05) is 62.4 Å². The summed E-state index contributed by atoms with van der Waals surface area (Å²) in [5.74, 6) is 0.603. The average molecular weight is 497 g/mol. The van der Waals surface area contributed by atoms with Gasteiger partial charge in [-0.15, -0.1) is 0 Å². The van der Waals surface area contributed by atoms with Gasteiger partial charge in [-0.25, -0.2) is 0 Å². The number of ether oxygens (including phenoxy) is 1. The lowest BCUT2D eigenvalue weighted by molar-refractivity contribution is 0.0714. The third-order valence-electron chi connectivity index (χ3n) is 6.95. The normalized spacial score (nSPS) is 14.8. The molecule has 1 atom stereocenters. The Morgan fingerprint density at radius 2 is 1.84 bits per heavy atom. The van der Waals surface area contributed by atoms with Crippen molar-refractivity contribution in [3.8, 4) is 5.75 Å². The molecule has 0 aliphatic carbocycles. The van der Waals surface area contributed by atoms with Crippen molar-refractivity contribution in [3.63, 3.8) is 0 Å². The molecule has 0 N–H and O–H groups in total. The van der Waals surface area contributed by atoms with Crippen molar-refractivity contribution in [3.05, 3.63) is 105 Å². The van der Waals surface area contributed by atoms with Gasteiger partial charge in [0.2, 0.25) is 5.76 Å². The Labute approximate surface area is 216 Å². The van der Waals surface area contributed by atoms with Crippen LogP contribution < -0.4 is 10.2 Å². The number of hydrogen-bond donors (Lipinski definition) is 0. The van der Waals surface area contributed by atoms with E-state index in [0.717, 1.165) is 40.8 Å². The first-order valence-electron chi connectivity index (χ1n) is 13.0. The number of hydrogen-bond acceptors (Lipinski definition) is 5. The highest BCUT2D eigenvalue weighted by molar-refractivity contribution is 5.99. The van der Waals surface area contributed by atoms with Crippen LogP contribution in [-0.2, 0) is 6.54 Å². The first-order valence-corrected chi connectivity index (χ1v) is 13.0. The highest BCUT2D eigenvalue weighted by Gasteiger charge is 2.43. The second kappa shape index (κ2) is 10.6. The number of pyridine rings is 1. The van der Waals surface area contributed by atoms with Gasteiger partial charge in [-0.1, -0.05) is 50.5 Å². The monoisotopic (exact) mass is 496 g/mol. The van der Waals surface area contributed by atoms with E-state index in [2.05, 4.69) is 11.9 Å². The Morgan fingerprint density at radius 3 is 2.57 bits per heavy atom. The van der Waals surface area contributed by atoms with Gasteiger partial charge in [-0.2, -0.15) is 0 Å². The van der Waals surface area contributed by atoms with Crippen LogP contribution in [0.4, 0.5) is 0 Å². The van der Waals surface area contributed by atoms with Crippen LogP contribution in [0.5, 0.6) is 5.75 Å². The summed E-state index contributed by atoms with van der Waals surface area (Å²) in [6.07, 6.45) is 8.01. The maximum absolute atomic E-state index is 13.9. The largest absolute Gasteiger partial charge is 0.494 e. The fraction of sp³-hybridized carbons (Fsp3) is 0.323. The third kappa shape index (κ3) is 4.88. The molecule has 6 nitrogen and oxygen atoms in total. The maximum Gasteiger partial charge on any atom is 0.291 e. The zero-order valence-electron chi connectivity index (χ0n) is 21.6. The van der Waals surface area contributed by atoms with Crippen molar-refractivity contribution in [1.29, 1.82) is 0 Å². The molecule has 0 bridgehead atoms. The lowest BCUT2D eigenvalue weighted by atomic mass is 9.96. The second-order valence-electron chi connectivity index (χ2n) is 9.80. The van der Waals surface area contributed by atoms with Crippen LogP contribution in [0.3, 0.4) is 0 Å². The number of carbonyl (C=O) groups is 1. The highest BCUT2D eigenvalue weighted by Crippen LogP contribution is 2.40. The Balaban J connectivity index is 1.55. The fourth-order valence-corrected chi connectivity index (χ4v) is 5.18. The highest BCUT2D eigenvalue weighted by atomic mass is 16.5. The molecule has 0 saturated carbocycles. The number of rotatable bonds is 9. The van der Waals surface area contributed by atoms with E-state index in [-0.39, 0.29) is 17.1 Å². The van der Waals surface area contributed by atoms with Crippen molar-refractivity contribution < 1.29 is 13.9 Å². The number of aryl methyl sites for hydroxylation is 2. The second-order valence-corrected chi connectivity index (χ2v) is 9.80. The van der Waals surface area contributed by atoms with Crippen molar-refractivity contribution in [2.75, 3.05) is 6.61 Å². The van der Waals surface area contributed by atoms with Gasteiger partial charge in [-0.3, -0.25) is 14.6 Å². The first kappa shape index (κ1) is 24.8. The standard InChI is InChI=1S/C31H32N2O4/c1-4-5-6-7-15-36-24-12-10-23(11-13-24)28-27-29(34)26-21(3)16-20(2)17-25(26)37-30(27)31(35)33(28)19-22-9-8-14-32-18-22/h8-14,16-18,28H,4-7,15,19H2,1-3H3. The fourth-order valence-electron chi connectivity index (χ4n) is 5.18.